The summed E-state index contributed by atoms with van der Waals surface area (Å²) in [5, 5.41) is 4.65. The van der Waals surface area contributed by atoms with Gasteiger partial charge in [-0.2, -0.15) is 0 Å². The first kappa shape index (κ1) is 10.4. The summed E-state index contributed by atoms with van der Waals surface area (Å²) in [7, 11) is 0. The standard InChI is InChI=1S/C13H17N4/c1-9-5-6-11-12(14)13(15-17(11)10(9)2)16-7-3-4-8-16/h3,5-6H,4,7-8,14H2,1-2H3. The number of fused-ring (bicyclic) bond motifs is 1. The van der Waals surface area contributed by atoms with Crippen LogP contribution in [0.4, 0.5) is 11.5 Å². The van der Waals surface area contributed by atoms with Gasteiger partial charge in [-0.3, -0.25) is 0 Å². The summed E-state index contributed by atoms with van der Waals surface area (Å²) >= 11 is 0. The Kier molecular flexibility index (Phi) is 2.24. The molecule has 4 nitrogen and oxygen atoms in total. The Morgan fingerprint density at radius 1 is 1.29 bits per heavy atom. The first-order valence-corrected chi connectivity index (χ1v) is 5.99. The number of rotatable bonds is 1. The van der Waals surface area contributed by atoms with Crippen LogP contribution in [0.5, 0.6) is 0 Å². The van der Waals surface area contributed by atoms with E-state index in [0.29, 0.717) is 0 Å². The second-order valence-corrected chi connectivity index (χ2v) is 4.66. The fraction of sp³-hybridized carbons (Fsp3) is 0.385. The molecule has 4 heteroatoms. The lowest BCUT2D eigenvalue weighted by atomic mass is 10.2. The number of hydrogen-bond acceptors (Lipinski definition) is 3. The molecule has 89 valence electrons. The van der Waals surface area contributed by atoms with Gasteiger partial charge in [-0.25, -0.2) is 4.52 Å². The van der Waals surface area contributed by atoms with Crippen molar-refractivity contribution in [3.05, 3.63) is 29.8 Å². The van der Waals surface area contributed by atoms with Crippen LogP contribution in [-0.4, -0.2) is 22.7 Å². The summed E-state index contributed by atoms with van der Waals surface area (Å²) < 4.78 is 1.96. The molecule has 17 heavy (non-hydrogen) atoms. The Morgan fingerprint density at radius 2 is 2.12 bits per heavy atom. The second-order valence-electron chi connectivity index (χ2n) is 4.66. The summed E-state index contributed by atoms with van der Waals surface area (Å²) in [6, 6.07) is 4.15. The van der Waals surface area contributed by atoms with Crippen LogP contribution in [0.25, 0.3) is 5.52 Å². The van der Waals surface area contributed by atoms with Gasteiger partial charge in [0.2, 0.25) is 0 Å². The van der Waals surface area contributed by atoms with Crippen molar-refractivity contribution in [3.63, 3.8) is 0 Å². The molecule has 0 atom stereocenters. The highest BCUT2D eigenvalue weighted by Gasteiger charge is 2.20. The van der Waals surface area contributed by atoms with Gasteiger partial charge in [-0.05, 0) is 38.3 Å². The molecule has 0 unspecified atom stereocenters. The number of aryl methyl sites for hydroxylation is 2. The maximum Gasteiger partial charge on any atom is 0.174 e. The maximum absolute atomic E-state index is 6.20. The second kappa shape index (κ2) is 3.65. The van der Waals surface area contributed by atoms with Gasteiger partial charge in [0.05, 0.1) is 5.52 Å². The molecule has 3 rings (SSSR count). The SMILES string of the molecule is Cc1ccc2c(N)c(N3C[CH]CC3)nn2c1C. The summed E-state index contributed by atoms with van der Waals surface area (Å²) in [4.78, 5) is 2.23. The van der Waals surface area contributed by atoms with Gasteiger partial charge in [0, 0.05) is 18.8 Å². The van der Waals surface area contributed by atoms with E-state index in [1.54, 1.807) is 0 Å². The maximum atomic E-state index is 6.20. The Bertz CT molecular complexity index is 564. The van der Waals surface area contributed by atoms with E-state index < -0.39 is 0 Å². The lowest BCUT2D eigenvalue weighted by Gasteiger charge is -2.13. The summed E-state index contributed by atoms with van der Waals surface area (Å²) in [5.74, 6) is 0.924. The van der Waals surface area contributed by atoms with Crippen LogP contribution in [0.3, 0.4) is 0 Å². The third kappa shape index (κ3) is 1.47. The van der Waals surface area contributed by atoms with Crippen molar-refractivity contribution < 1.29 is 0 Å². The monoisotopic (exact) mass is 229 g/mol. The van der Waals surface area contributed by atoms with Crippen molar-refractivity contribution in [2.45, 2.75) is 20.3 Å². The molecule has 1 aliphatic heterocycles. The molecular weight excluding hydrogens is 212 g/mol. The van der Waals surface area contributed by atoms with E-state index >= 15 is 0 Å². The zero-order chi connectivity index (χ0) is 12.0. The van der Waals surface area contributed by atoms with Gasteiger partial charge in [-0.1, -0.05) is 6.07 Å². The number of nitrogens with two attached hydrogens (primary N) is 1. The molecule has 0 aliphatic carbocycles. The van der Waals surface area contributed by atoms with E-state index in [1.807, 2.05) is 10.6 Å². The van der Waals surface area contributed by atoms with Gasteiger partial charge in [-0.15, -0.1) is 5.10 Å². The minimum atomic E-state index is 0.795. The molecule has 2 aromatic heterocycles. The molecule has 1 radical (unpaired) electrons. The van der Waals surface area contributed by atoms with Gasteiger partial charge >= 0.3 is 0 Å². The number of aromatic nitrogens is 2. The number of nitrogen functional groups attached to an aromatic ring is 1. The van der Waals surface area contributed by atoms with Gasteiger partial charge < -0.3 is 10.6 Å². The zero-order valence-electron chi connectivity index (χ0n) is 10.3. The van der Waals surface area contributed by atoms with Gasteiger partial charge in [0.1, 0.15) is 5.69 Å². The molecule has 1 aliphatic rings. The number of hydrogen-bond donors (Lipinski definition) is 1. The van der Waals surface area contributed by atoms with Gasteiger partial charge in [0.25, 0.3) is 0 Å². The molecular formula is C13H17N4. The van der Waals surface area contributed by atoms with E-state index in [4.69, 9.17) is 5.73 Å². The van der Waals surface area contributed by atoms with Crippen molar-refractivity contribution in [3.8, 4) is 0 Å². The molecule has 0 aromatic carbocycles. The Hall–Kier alpha value is -1.71. The van der Waals surface area contributed by atoms with Crippen LogP contribution in [-0.2, 0) is 0 Å². The van der Waals surface area contributed by atoms with Crippen LogP contribution in [0, 0.1) is 20.3 Å². The Morgan fingerprint density at radius 3 is 2.82 bits per heavy atom. The largest absolute Gasteiger partial charge is 0.394 e. The van der Waals surface area contributed by atoms with Crippen molar-refractivity contribution in [1.29, 1.82) is 0 Å². The predicted octanol–water partition coefficient (Wildman–Crippen LogP) is 1.95. The number of nitrogens with zero attached hydrogens (tertiary/aromatic N) is 3. The van der Waals surface area contributed by atoms with E-state index in [9.17, 15) is 0 Å². The fourth-order valence-corrected chi connectivity index (χ4v) is 2.35. The Balaban J connectivity index is 2.20. The van der Waals surface area contributed by atoms with Crippen LogP contribution in [0.2, 0.25) is 0 Å². The van der Waals surface area contributed by atoms with Crippen molar-refractivity contribution in [2.75, 3.05) is 23.7 Å². The number of pyridine rings is 1. The van der Waals surface area contributed by atoms with Crippen LogP contribution in [0.1, 0.15) is 17.7 Å². The number of anilines is 2. The summed E-state index contributed by atoms with van der Waals surface area (Å²) in [6.45, 7) is 6.14. The molecule has 0 spiro atoms. The van der Waals surface area contributed by atoms with Crippen molar-refractivity contribution in [1.82, 2.24) is 9.61 Å². The summed E-state index contributed by atoms with van der Waals surface area (Å²) in [6.07, 6.45) is 3.38. The highest BCUT2D eigenvalue weighted by Crippen LogP contribution is 2.30. The third-order valence-electron chi connectivity index (χ3n) is 3.57. The molecule has 0 amide bonds. The van der Waals surface area contributed by atoms with E-state index in [2.05, 4.69) is 36.3 Å². The highest BCUT2D eigenvalue weighted by atomic mass is 15.3. The van der Waals surface area contributed by atoms with Crippen molar-refractivity contribution >= 4 is 17.0 Å². The van der Waals surface area contributed by atoms with Crippen molar-refractivity contribution in [2.24, 2.45) is 0 Å². The quantitative estimate of drug-likeness (QED) is 0.813. The highest BCUT2D eigenvalue weighted by molar-refractivity contribution is 5.82. The molecule has 0 saturated carbocycles. The fourth-order valence-electron chi connectivity index (χ4n) is 2.35. The molecule has 1 fully saturated rings. The first-order valence-electron chi connectivity index (χ1n) is 5.99. The average molecular weight is 229 g/mol. The molecule has 0 bridgehead atoms. The lowest BCUT2D eigenvalue weighted by Crippen LogP contribution is -2.19. The molecule has 2 N–H and O–H groups in total. The third-order valence-corrected chi connectivity index (χ3v) is 3.57. The normalized spacial score (nSPS) is 16.0. The van der Waals surface area contributed by atoms with E-state index in [0.717, 1.165) is 42.2 Å². The van der Waals surface area contributed by atoms with Gasteiger partial charge in [0.15, 0.2) is 5.82 Å². The minimum absolute atomic E-state index is 0.795. The van der Waals surface area contributed by atoms with E-state index in [-0.39, 0.29) is 0 Å². The molecule has 3 heterocycles. The molecule has 2 aromatic rings. The van der Waals surface area contributed by atoms with E-state index in [1.165, 1.54) is 5.56 Å². The predicted molar refractivity (Wildman–Crippen MR) is 70.2 cm³/mol. The lowest BCUT2D eigenvalue weighted by molar-refractivity contribution is 0.860. The molecule has 1 saturated heterocycles. The summed E-state index contributed by atoms with van der Waals surface area (Å²) in [5.41, 5.74) is 10.4. The van der Waals surface area contributed by atoms with Crippen LogP contribution in [0.15, 0.2) is 12.1 Å². The topological polar surface area (TPSA) is 46.6 Å². The minimum Gasteiger partial charge on any atom is -0.394 e. The smallest absolute Gasteiger partial charge is 0.174 e. The average Bonchev–Trinajstić information content (AvgIpc) is 2.92. The first-order chi connectivity index (χ1) is 8.18. The Labute approximate surface area is 101 Å². The zero-order valence-corrected chi connectivity index (χ0v) is 10.3. The van der Waals surface area contributed by atoms with Crippen LogP contribution < -0.4 is 10.6 Å². The van der Waals surface area contributed by atoms with Crippen LogP contribution >= 0.6 is 0 Å².